The molecule has 0 spiro atoms. The number of rotatable bonds is 9. The van der Waals surface area contributed by atoms with E-state index < -0.39 is 18.6 Å². The molecule has 0 aliphatic carbocycles. The van der Waals surface area contributed by atoms with E-state index in [-0.39, 0.29) is 11.7 Å². The van der Waals surface area contributed by atoms with Gasteiger partial charge in [-0.15, -0.1) is 18.3 Å². The van der Waals surface area contributed by atoms with Crippen LogP contribution >= 0.6 is 27.7 Å². The number of aliphatic hydroxyl groups excluding tert-OH is 1. The molecule has 1 atom stereocenters. The summed E-state index contributed by atoms with van der Waals surface area (Å²) in [6, 6.07) is 18.5. The lowest BCUT2D eigenvalue weighted by atomic mass is 9.98. The molecule has 2 N–H and O–H groups in total. The Kier molecular flexibility index (Phi) is 10.7. The zero-order chi connectivity index (χ0) is 33.7. The van der Waals surface area contributed by atoms with Crippen molar-refractivity contribution in [2.75, 3.05) is 17.2 Å². The molecule has 3 aromatic carbocycles. The largest absolute Gasteiger partial charge is 0.573 e. The molecule has 1 aliphatic heterocycles. The molecule has 0 saturated carbocycles. The second-order valence-electron chi connectivity index (χ2n) is 11.0. The smallest absolute Gasteiger partial charge is 0.406 e. The number of carbonyl (C=O) groups excluding carboxylic acids is 1. The van der Waals surface area contributed by atoms with Gasteiger partial charge in [-0.1, -0.05) is 71.9 Å². The van der Waals surface area contributed by atoms with E-state index in [1.54, 1.807) is 4.90 Å². The molecule has 1 aromatic heterocycles. The highest BCUT2D eigenvalue weighted by molar-refractivity contribution is 9.11. The van der Waals surface area contributed by atoms with E-state index in [1.807, 2.05) is 55.5 Å². The lowest BCUT2D eigenvalue weighted by Crippen LogP contribution is -2.35. The molecule has 1 saturated heterocycles. The number of urea groups is 1. The fourth-order valence-electron chi connectivity index (χ4n) is 4.88. The van der Waals surface area contributed by atoms with Crippen molar-refractivity contribution >= 4 is 50.7 Å². The van der Waals surface area contributed by atoms with Crippen molar-refractivity contribution in [2.24, 2.45) is 4.99 Å². The second kappa shape index (κ2) is 14.7. The van der Waals surface area contributed by atoms with Gasteiger partial charge in [0.15, 0.2) is 11.0 Å². The molecule has 246 valence electrons. The lowest BCUT2D eigenvalue weighted by molar-refractivity contribution is -0.274. The van der Waals surface area contributed by atoms with Crippen LogP contribution in [0.1, 0.15) is 42.9 Å². The summed E-state index contributed by atoms with van der Waals surface area (Å²) < 4.78 is 43.6. The molecular formula is C33H32BrF3N6O3S. The summed E-state index contributed by atoms with van der Waals surface area (Å²) >= 11 is 4.92. The summed E-state index contributed by atoms with van der Waals surface area (Å²) in [5.41, 5.74) is 5.12. The van der Waals surface area contributed by atoms with Gasteiger partial charge in [-0.3, -0.25) is 4.90 Å². The first-order valence-corrected chi connectivity index (χ1v) is 16.5. The fourth-order valence-corrected chi connectivity index (χ4v) is 6.29. The van der Waals surface area contributed by atoms with Crippen LogP contribution in [0.25, 0.3) is 23.2 Å². The number of amidine groups is 1. The molecule has 2 heterocycles. The Morgan fingerprint density at radius 3 is 2.68 bits per heavy atom. The fraction of sp³-hybridized carbons (Fsp3) is 0.273. The normalized spacial score (nSPS) is 16.3. The van der Waals surface area contributed by atoms with E-state index in [2.05, 4.69) is 54.9 Å². The van der Waals surface area contributed by atoms with E-state index in [4.69, 9.17) is 0 Å². The van der Waals surface area contributed by atoms with Crippen LogP contribution in [-0.2, 0) is 0 Å². The number of aromatic nitrogens is 3. The molecule has 1 unspecified atom stereocenters. The van der Waals surface area contributed by atoms with Gasteiger partial charge in [-0.05, 0) is 82.9 Å². The number of thioether (sulfide) groups is 1. The molecule has 5 rings (SSSR count). The van der Waals surface area contributed by atoms with Crippen LogP contribution in [0.2, 0.25) is 0 Å². The third kappa shape index (κ3) is 9.02. The molecule has 1 aliphatic rings. The topological polar surface area (TPSA) is 105 Å². The number of carbonyl (C=O) groups is 1. The summed E-state index contributed by atoms with van der Waals surface area (Å²) in [7, 11) is 0. The van der Waals surface area contributed by atoms with Gasteiger partial charge in [0.25, 0.3) is 0 Å². The first kappa shape index (κ1) is 34.2. The lowest BCUT2D eigenvalue weighted by Gasteiger charge is -2.26. The van der Waals surface area contributed by atoms with Crippen LogP contribution in [0.4, 0.5) is 23.7 Å². The zero-order valence-electron chi connectivity index (χ0n) is 25.7. The van der Waals surface area contributed by atoms with Crippen LogP contribution < -0.4 is 15.0 Å². The van der Waals surface area contributed by atoms with Gasteiger partial charge < -0.3 is 15.2 Å². The molecule has 1 fully saturated rings. The van der Waals surface area contributed by atoms with E-state index in [9.17, 15) is 23.1 Å². The summed E-state index contributed by atoms with van der Waals surface area (Å²) in [4.78, 5) is 23.1. The number of aliphatic imine (C=N–C) groups is 1. The zero-order valence-corrected chi connectivity index (χ0v) is 28.1. The van der Waals surface area contributed by atoms with Crippen molar-refractivity contribution in [2.45, 2.75) is 45.7 Å². The molecule has 0 radical (unpaired) electrons. The second-order valence-corrected chi connectivity index (χ2v) is 13.0. The predicted octanol–water partition coefficient (Wildman–Crippen LogP) is 8.03. The summed E-state index contributed by atoms with van der Waals surface area (Å²) in [6.07, 6.45) is -1.63. The molecule has 9 nitrogen and oxygen atoms in total. The standard InChI is InChI=1S/C33H32BrF3N6O3S/c1-20(2)27-12-7-21(3)15-28(27)43-29(44)18-47-32(43)40-31(45)38-14-13-24(34)17-22-5-4-6-23(16-22)30-39-19-42(41-30)25-8-10-26(11-9-25)46-33(35,36)37/h4-12,15-17,19-20,29,44H,13-14,18H2,1-3H3,(H,38,45)/b24-17+,40-32?. The van der Waals surface area contributed by atoms with Crippen molar-refractivity contribution in [3.63, 3.8) is 0 Å². The molecule has 0 bridgehead atoms. The number of amides is 2. The number of halogens is 4. The Balaban J connectivity index is 1.19. The van der Waals surface area contributed by atoms with E-state index in [0.29, 0.717) is 35.4 Å². The Hall–Kier alpha value is -4.14. The predicted molar refractivity (Wildman–Crippen MR) is 182 cm³/mol. The highest BCUT2D eigenvalue weighted by Gasteiger charge is 2.33. The highest BCUT2D eigenvalue weighted by Crippen LogP contribution is 2.36. The SMILES string of the molecule is Cc1ccc(C(C)C)c(N2C(=NC(=O)NCC/C(Br)=C\c3cccc(-c4ncn(-c5ccc(OC(F)(F)F)cc5)n4)c3)SCC2O)c1. The average molecular weight is 730 g/mol. The first-order valence-electron chi connectivity index (χ1n) is 14.7. The van der Waals surface area contributed by atoms with Crippen molar-refractivity contribution in [3.8, 4) is 22.8 Å². The van der Waals surface area contributed by atoms with Crippen molar-refractivity contribution < 1.29 is 27.8 Å². The molecular weight excluding hydrogens is 697 g/mol. The van der Waals surface area contributed by atoms with Gasteiger partial charge in [-0.2, -0.15) is 4.99 Å². The summed E-state index contributed by atoms with van der Waals surface area (Å²) in [5, 5.41) is 18.5. The van der Waals surface area contributed by atoms with E-state index in [1.165, 1.54) is 47.0 Å². The Morgan fingerprint density at radius 1 is 1.19 bits per heavy atom. The van der Waals surface area contributed by atoms with Crippen LogP contribution in [0, 0.1) is 6.92 Å². The Morgan fingerprint density at radius 2 is 1.96 bits per heavy atom. The maximum Gasteiger partial charge on any atom is 0.573 e. The van der Waals surface area contributed by atoms with Gasteiger partial charge in [-0.25, -0.2) is 14.5 Å². The Bertz CT molecular complexity index is 1790. The molecule has 2 amide bonds. The number of benzene rings is 3. The maximum atomic E-state index is 12.8. The molecule has 4 aromatic rings. The molecule has 14 heteroatoms. The number of aliphatic hydroxyl groups is 1. The number of aryl methyl sites for hydroxylation is 1. The quantitative estimate of drug-likeness (QED) is 0.180. The third-order valence-corrected chi connectivity index (χ3v) is 8.70. The number of ether oxygens (including phenoxy) is 1. The minimum absolute atomic E-state index is 0.230. The van der Waals surface area contributed by atoms with E-state index in [0.717, 1.165) is 32.4 Å². The van der Waals surface area contributed by atoms with Gasteiger partial charge >= 0.3 is 12.4 Å². The number of alkyl halides is 3. The summed E-state index contributed by atoms with van der Waals surface area (Å²) in [5.74, 6) is 0.757. The molecule has 47 heavy (non-hydrogen) atoms. The van der Waals surface area contributed by atoms with Gasteiger partial charge in [0.1, 0.15) is 18.3 Å². The van der Waals surface area contributed by atoms with Crippen LogP contribution in [0.5, 0.6) is 5.75 Å². The summed E-state index contributed by atoms with van der Waals surface area (Å²) in [6.45, 7) is 6.50. The number of nitrogens with zero attached hydrogens (tertiary/aromatic N) is 5. The van der Waals surface area contributed by atoms with Crippen molar-refractivity contribution in [1.29, 1.82) is 0 Å². The maximum absolute atomic E-state index is 12.8. The van der Waals surface area contributed by atoms with Crippen molar-refractivity contribution in [3.05, 3.63) is 94.2 Å². The number of anilines is 1. The van der Waals surface area contributed by atoms with Gasteiger partial charge in [0.2, 0.25) is 0 Å². The number of hydrogen-bond acceptors (Lipinski definition) is 6. The van der Waals surface area contributed by atoms with Crippen LogP contribution in [0.15, 0.2) is 82.5 Å². The minimum Gasteiger partial charge on any atom is -0.406 e. The van der Waals surface area contributed by atoms with Gasteiger partial charge in [0, 0.05) is 23.5 Å². The minimum atomic E-state index is -4.76. The Labute approximate surface area is 282 Å². The average Bonchev–Trinajstić information content (AvgIpc) is 3.64. The van der Waals surface area contributed by atoms with Gasteiger partial charge in [0.05, 0.1) is 5.69 Å². The monoisotopic (exact) mass is 728 g/mol. The first-order chi connectivity index (χ1) is 22.4. The highest BCUT2D eigenvalue weighted by atomic mass is 79.9. The third-order valence-electron chi connectivity index (χ3n) is 7.07. The van der Waals surface area contributed by atoms with Crippen LogP contribution in [0.3, 0.4) is 0 Å². The number of nitrogens with one attached hydrogen (secondary N) is 1. The van der Waals surface area contributed by atoms with E-state index >= 15 is 0 Å². The van der Waals surface area contributed by atoms with Crippen molar-refractivity contribution in [1.82, 2.24) is 20.1 Å². The van der Waals surface area contributed by atoms with Crippen LogP contribution in [-0.4, -0.2) is 56.0 Å². The number of hydrogen-bond donors (Lipinski definition) is 2.